The summed E-state index contributed by atoms with van der Waals surface area (Å²) in [6, 6.07) is 6.38. The van der Waals surface area contributed by atoms with Gasteiger partial charge in [-0.15, -0.1) is 0 Å². The number of benzene rings is 1. The van der Waals surface area contributed by atoms with Gasteiger partial charge >= 0.3 is 0 Å². The van der Waals surface area contributed by atoms with E-state index in [4.69, 9.17) is 5.73 Å². The van der Waals surface area contributed by atoms with E-state index >= 15 is 0 Å². The van der Waals surface area contributed by atoms with Crippen LogP contribution in [0.1, 0.15) is 31.2 Å². The predicted molar refractivity (Wildman–Crippen MR) is 73.6 cm³/mol. The summed E-state index contributed by atoms with van der Waals surface area (Å²) >= 11 is 0. The van der Waals surface area contributed by atoms with Gasteiger partial charge in [0.05, 0.1) is 5.92 Å². The zero-order valence-corrected chi connectivity index (χ0v) is 11.2. The van der Waals surface area contributed by atoms with Crippen LogP contribution >= 0.6 is 0 Å². The van der Waals surface area contributed by atoms with Crippen LogP contribution in [0.5, 0.6) is 0 Å². The molecule has 1 saturated heterocycles. The van der Waals surface area contributed by atoms with Gasteiger partial charge in [0.25, 0.3) is 0 Å². The van der Waals surface area contributed by atoms with Gasteiger partial charge in [0.15, 0.2) is 0 Å². The molecule has 1 fully saturated rings. The highest BCUT2D eigenvalue weighted by molar-refractivity contribution is 6.02. The van der Waals surface area contributed by atoms with Crippen LogP contribution in [0.4, 0.5) is 5.69 Å². The summed E-state index contributed by atoms with van der Waals surface area (Å²) < 4.78 is 0. The van der Waals surface area contributed by atoms with E-state index in [1.54, 1.807) is 31.2 Å². The van der Waals surface area contributed by atoms with E-state index in [-0.39, 0.29) is 24.2 Å². The standard InChI is InChI=1S/C14H17N3O3/c1-8(9-2-4-10(15)5-3-9)13(19)16-11-6-7-12(18)17-14(11)20/h2-5,8,11H,6-7,15H2,1H3,(H,16,19)(H,17,18,20). The largest absolute Gasteiger partial charge is 0.399 e. The number of amides is 3. The van der Waals surface area contributed by atoms with Crippen LogP contribution in [0.2, 0.25) is 0 Å². The first kappa shape index (κ1) is 14.0. The van der Waals surface area contributed by atoms with Crippen molar-refractivity contribution in [1.82, 2.24) is 10.6 Å². The fourth-order valence-electron chi connectivity index (χ4n) is 2.06. The van der Waals surface area contributed by atoms with Gasteiger partial charge in [-0.2, -0.15) is 0 Å². The highest BCUT2D eigenvalue weighted by Gasteiger charge is 2.29. The average molecular weight is 275 g/mol. The van der Waals surface area contributed by atoms with E-state index in [9.17, 15) is 14.4 Å². The number of imide groups is 1. The molecule has 2 atom stereocenters. The van der Waals surface area contributed by atoms with Gasteiger partial charge in [-0.05, 0) is 31.0 Å². The highest BCUT2D eigenvalue weighted by atomic mass is 16.2. The van der Waals surface area contributed by atoms with E-state index in [0.29, 0.717) is 12.1 Å². The molecule has 0 radical (unpaired) electrons. The van der Waals surface area contributed by atoms with E-state index < -0.39 is 11.9 Å². The fourth-order valence-corrected chi connectivity index (χ4v) is 2.06. The number of nitrogens with two attached hydrogens (primary N) is 1. The molecule has 4 N–H and O–H groups in total. The molecule has 1 aromatic carbocycles. The van der Waals surface area contributed by atoms with Crippen LogP contribution in [0.3, 0.4) is 0 Å². The molecule has 20 heavy (non-hydrogen) atoms. The number of carbonyl (C=O) groups is 3. The summed E-state index contributed by atoms with van der Waals surface area (Å²) in [4.78, 5) is 34.7. The molecule has 6 heteroatoms. The van der Waals surface area contributed by atoms with E-state index in [1.807, 2.05) is 0 Å². The summed E-state index contributed by atoms with van der Waals surface area (Å²) in [7, 11) is 0. The molecule has 0 spiro atoms. The van der Waals surface area contributed by atoms with E-state index in [2.05, 4.69) is 10.6 Å². The summed E-state index contributed by atoms with van der Waals surface area (Å²) in [6.45, 7) is 1.76. The molecule has 1 aliphatic heterocycles. The Morgan fingerprint density at radius 2 is 2.00 bits per heavy atom. The molecule has 1 aromatic rings. The predicted octanol–water partition coefficient (Wildman–Crippen LogP) is 0.294. The molecular formula is C14H17N3O3. The fraction of sp³-hybridized carbons (Fsp3) is 0.357. The minimum Gasteiger partial charge on any atom is -0.399 e. The van der Waals surface area contributed by atoms with Crippen molar-refractivity contribution in [2.75, 3.05) is 5.73 Å². The Morgan fingerprint density at radius 1 is 1.35 bits per heavy atom. The second kappa shape index (κ2) is 5.73. The van der Waals surface area contributed by atoms with Crippen LogP contribution < -0.4 is 16.4 Å². The lowest BCUT2D eigenvalue weighted by Crippen LogP contribution is -2.52. The smallest absolute Gasteiger partial charge is 0.249 e. The van der Waals surface area contributed by atoms with Crippen LogP contribution in [-0.4, -0.2) is 23.8 Å². The molecule has 1 aliphatic rings. The van der Waals surface area contributed by atoms with Crippen molar-refractivity contribution >= 4 is 23.4 Å². The van der Waals surface area contributed by atoms with Crippen LogP contribution in [0, 0.1) is 0 Å². The second-order valence-corrected chi connectivity index (χ2v) is 4.90. The van der Waals surface area contributed by atoms with Crippen molar-refractivity contribution < 1.29 is 14.4 Å². The average Bonchev–Trinajstić information content (AvgIpc) is 2.42. The zero-order chi connectivity index (χ0) is 14.7. The molecule has 0 aliphatic carbocycles. The minimum atomic E-state index is -0.642. The van der Waals surface area contributed by atoms with Crippen LogP contribution in [0.15, 0.2) is 24.3 Å². The third-order valence-electron chi connectivity index (χ3n) is 3.39. The highest BCUT2D eigenvalue weighted by Crippen LogP contribution is 2.17. The van der Waals surface area contributed by atoms with Crippen LogP contribution in [-0.2, 0) is 14.4 Å². The summed E-state index contributed by atoms with van der Waals surface area (Å²) in [6.07, 6.45) is 0.581. The molecule has 6 nitrogen and oxygen atoms in total. The van der Waals surface area contributed by atoms with Crippen molar-refractivity contribution in [2.24, 2.45) is 0 Å². The number of carbonyl (C=O) groups excluding carboxylic acids is 3. The Labute approximate surface area is 116 Å². The minimum absolute atomic E-state index is 0.243. The number of hydrogen-bond donors (Lipinski definition) is 3. The maximum Gasteiger partial charge on any atom is 0.249 e. The number of rotatable bonds is 3. The van der Waals surface area contributed by atoms with E-state index in [0.717, 1.165) is 5.56 Å². The molecule has 0 saturated carbocycles. The first-order chi connectivity index (χ1) is 9.47. The van der Waals surface area contributed by atoms with Gasteiger partial charge in [0, 0.05) is 12.1 Å². The van der Waals surface area contributed by atoms with Gasteiger partial charge < -0.3 is 11.1 Å². The lowest BCUT2D eigenvalue weighted by molar-refractivity contribution is -0.137. The molecule has 1 heterocycles. The monoisotopic (exact) mass is 275 g/mol. The van der Waals surface area contributed by atoms with Gasteiger partial charge in [0.2, 0.25) is 17.7 Å². The van der Waals surface area contributed by atoms with Crippen molar-refractivity contribution in [2.45, 2.75) is 31.7 Å². The Balaban J connectivity index is 1.99. The quantitative estimate of drug-likeness (QED) is 0.545. The number of hydrogen-bond acceptors (Lipinski definition) is 4. The van der Waals surface area contributed by atoms with Crippen molar-refractivity contribution in [3.8, 4) is 0 Å². The Morgan fingerprint density at radius 3 is 2.60 bits per heavy atom. The number of anilines is 1. The van der Waals surface area contributed by atoms with Gasteiger partial charge in [-0.1, -0.05) is 12.1 Å². The summed E-state index contributed by atoms with van der Waals surface area (Å²) in [5.74, 6) is -1.38. The number of nitrogens with one attached hydrogen (secondary N) is 2. The first-order valence-corrected chi connectivity index (χ1v) is 6.47. The Kier molecular flexibility index (Phi) is 4.02. The number of nitrogen functional groups attached to an aromatic ring is 1. The normalized spacial score (nSPS) is 20.1. The van der Waals surface area contributed by atoms with Crippen molar-refractivity contribution in [3.63, 3.8) is 0 Å². The molecule has 3 amide bonds. The molecule has 0 aromatic heterocycles. The third-order valence-corrected chi connectivity index (χ3v) is 3.39. The van der Waals surface area contributed by atoms with E-state index in [1.165, 1.54) is 0 Å². The first-order valence-electron chi connectivity index (χ1n) is 6.47. The maximum absolute atomic E-state index is 12.1. The van der Waals surface area contributed by atoms with Crippen molar-refractivity contribution in [1.29, 1.82) is 0 Å². The Bertz CT molecular complexity index is 539. The Hall–Kier alpha value is -2.37. The van der Waals surface area contributed by atoms with Crippen LogP contribution in [0.25, 0.3) is 0 Å². The second-order valence-electron chi connectivity index (χ2n) is 4.90. The molecular weight excluding hydrogens is 258 g/mol. The summed E-state index contributed by atoms with van der Waals surface area (Å²) in [5, 5.41) is 4.88. The lowest BCUT2D eigenvalue weighted by Gasteiger charge is -2.23. The SMILES string of the molecule is CC(C(=O)NC1CCC(=O)NC1=O)c1ccc(N)cc1. The molecule has 106 valence electrons. The topological polar surface area (TPSA) is 101 Å². The van der Waals surface area contributed by atoms with Gasteiger partial charge in [-0.25, -0.2) is 0 Å². The van der Waals surface area contributed by atoms with Crippen molar-refractivity contribution in [3.05, 3.63) is 29.8 Å². The molecule has 0 bridgehead atoms. The zero-order valence-electron chi connectivity index (χ0n) is 11.2. The maximum atomic E-state index is 12.1. The molecule has 2 unspecified atom stereocenters. The number of piperidine rings is 1. The molecule has 2 rings (SSSR count). The third kappa shape index (κ3) is 3.14. The van der Waals surface area contributed by atoms with Gasteiger partial charge in [-0.3, -0.25) is 19.7 Å². The van der Waals surface area contributed by atoms with Gasteiger partial charge in [0.1, 0.15) is 6.04 Å². The summed E-state index contributed by atoms with van der Waals surface area (Å²) in [5.41, 5.74) is 7.05. The lowest BCUT2D eigenvalue weighted by atomic mass is 9.98.